The first kappa shape index (κ1) is 17.8. The molecule has 3 N–H and O–H groups in total. The van der Waals surface area contributed by atoms with Gasteiger partial charge in [-0.25, -0.2) is 13.1 Å². The minimum atomic E-state index is -3.35. The van der Waals surface area contributed by atoms with E-state index in [1.165, 1.54) is 0 Å². The zero-order valence-corrected chi connectivity index (χ0v) is 13.0. The van der Waals surface area contributed by atoms with Gasteiger partial charge in [0, 0.05) is 12.1 Å². The zero-order valence-electron chi connectivity index (χ0n) is 12.2. The van der Waals surface area contributed by atoms with Gasteiger partial charge in [-0.3, -0.25) is 0 Å². The third kappa shape index (κ3) is 8.02. The van der Waals surface area contributed by atoms with Crippen molar-refractivity contribution in [3.8, 4) is 0 Å². The quantitative estimate of drug-likeness (QED) is 0.662. The van der Waals surface area contributed by atoms with E-state index in [1.54, 1.807) is 0 Å². The zero-order chi connectivity index (χ0) is 14.4. The average Bonchev–Trinajstić information content (AvgIpc) is 2.14. The number of nitrogens with two attached hydrogens (primary N) is 1. The molecule has 0 aliphatic heterocycles. The molecule has 0 amide bonds. The van der Waals surface area contributed by atoms with Gasteiger partial charge in [0.1, 0.15) is 0 Å². The lowest BCUT2D eigenvalue weighted by molar-refractivity contribution is 0.0910. The van der Waals surface area contributed by atoms with Crippen LogP contribution in [0.1, 0.15) is 41.0 Å². The molecule has 0 aliphatic rings. The van der Waals surface area contributed by atoms with Crippen LogP contribution in [0.3, 0.4) is 0 Å². The molecule has 0 aromatic heterocycles. The van der Waals surface area contributed by atoms with E-state index in [9.17, 15) is 8.42 Å². The molecule has 0 rings (SSSR count). The predicted molar refractivity (Wildman–Crippen MR) is 74.9 cm³/mol. The molecule has 0 aliphatic carbocycles. The van der Waals surface area contributed by atoms with Gasteiger partial charge in [-0.15, -0.1) is 0 Å². The summed E-state index contributed by atoms with van der Waals surface area (Å²) in [6.45, 7) is 10.2. The fraction of sp³-hybridized carbons (Fsp3) is 1.00. The summed E-state index contributed by atoms with van der Waals surface area (Å²) in [5.41, 5.74) is 5.10. The van der Waals surface area contributed by atoms with Crippen LogP contribution < -0.4 is 10.5 Å². The van der Waals surface area contributed by atoms with E-state index < -0.39 is 15.6 Å². The molecule has 0 spiro atoms. The molecule has 0 fully saturated rings. The Balaban J connectivity index is 4.44. The molecule has 110 valence electrons. The second-order valence-electron chi connectivity index (χ2n) is 5.70. The molecule has 0 aromatic carbocycles. The molecular weight excluding hydrogens is 252 g/mol. The summed E-state index contributed by atoms with van der Waals surface area (Å²) in [5, 5.41) is 0. The minimum Gasteiger partial charge on any atom is -0.378 e. The van der Waals surface area contributed by atoms with E-state index in [-0.39, 0.29) is 25.0 Å². The first-order valence-electron chi connectivity index (χ1n) is 6.43. The van der Waals surface area contributed by atoms with Crippen molar-refractivity contribution < 1.29 is 13.2 Å². The van der Waals surface area contributed by atoms with E-state index in [1.807, 2.05) is 34.6 Å². The summed E-state index contributed by atoms with van der Waals surface area (Å²) in [7, 11) is -3.35. The second-order valence-corrected chi connectivity index (χ2v) is 7.55. The van der Waals surface area contributed by atoms with Gasteiger partial charge in [-0.1, -0.05) is 13.8 Å². The molecule has 5 nitrogen and oxygen atoms in total. The summed E-state index contributed by atoms with van der Waals surface area (Å²) >= 11 is 0. The van der Waals surface area contributed by atoms with Crippen LogP contribution >= 0.6 is 0 Å². The lowest BCUT2D eigenvalue weighted by Gasteiger charge is -2.30. The normalized spacial score (nSPS) is 16.2. The first-order valence-corrected chi connectivity index (χ1v) is 8.09. The largest absolute Gasteiger partial charge is 0.378 e. The molecule has 1 unspecified atom stereocenters. The van der Waals surface area contributed by atoms with Gasteiger partial charge in [-0.05, 0) is 33.1 Å². The molecule has 0 radical (unpaired) electrons. The van der Waals surface area contributed by atoms with Crippen molar-refractivity contribution in [3.05, 3.63) is 0 Å². The fourth-order valence-electron chi connectivity index (χ4n) is 1.89. The smallest absolute Gasteiger partial charge is 0.214 e. The van der Waals surface area contributed by atoms with Crippen LogP contribution in [0.2, 0.25) is 0 Å². The number of sulfonamides is 1. The van der Waals surface area contributed by atoms with Gasteiger partial charge in [0.15, 0.2) is 0 Å². The molecule has 0 aromatic rings. The van der Waals surface area contributed by atoms with Crippen molar-refractivity contribution in [1.82, 2.24) is 4.72 Å². The molecule has 0 saturated heterocycles. The Labute approximate surface area is 112 Å². The Bertz CT molecular complexity index is 328. The molecule has 6 heteroatoms. The highest BCUT2D eigenvalue weighted by Crippen LogP contribution is 2.16. The van der Waals surface area contributed by atoms with Crippen molar-refractivity contribution in [2.24, 2.45) is 11.7 Å². The first-order chi connectivity index (χ1) is 8.10. The van der Waals surface area contributed by atoms with Crippen LogP contribution in [-0.2, 0) is 14.8 Å². The second kappa shape index (κ2) is 7.43. The van der Waals surface area contributed by atoms with Crippen LogP contribution in [0.5, 0.6) is 0 Å². The monoisotopic (exact) mass is 280 g/mol. The Morgan fingerprint density at radius 2 is 1.83 bits per heavy atom. The maximum absolute atomic E-state index is 11.9. The van der Waals surface area contributed by atoms with Crippen molar-refractivity contribution in [3.63, 3.8) is 0 Å². The third-order valence-corrected chi connectivity index (χ3v) is 4.02. The van der Waals surface area contributed by atoms with Gasteiger partial charge < -0.3 is 10.5 Å². The molecular formula is C12H28N2O3S. The van der Waals surface area contributed by atoms with Gasteiger partial charge in [-0.2, -0.15) is 0 Å². The number of ether oxygens (including phenoxy) is 1. The topological polar surface area (TPSA) is 81.4 Å². The Kier molecular flexibility index (Phi) is 7.36. The fourth-order valence-corrected chi connectivity index (χ4v) is 3.22. The van der Waals surface area contributed by atoms with Crippen LogP contribution in [0.25, 0.3) is 0 Å². The third-order valence-electron chi connectivity index (χ3n) is 2.51. The molecule has 0 heterocycles. The SMILES string of the molecule is CC(C)CC(C)(CN)NS(=O)(=O)CCOC(C)C. The summed E-state index contributed by atoms with van der Waals surface area (Å²) in [5.74, 6) is 0.354. The highest BCUT2D eigenvalue weighted by Gasteiger charge is 2.29. The number of hydrogen-bond donors (Lipinski definition) is 2. The van der Waals surface area contributed by atoms with Crippen LogP contribution in [0.4, 0.5) is 0 Å². The Hall–Kier alpha value is -0.170. The number of nitrogens with one attached hydrogen (secondary N) is 1. The minimum absolute atomic E-state index is 0.0289. The van der Waals surface area contributed by atoms with Gasteiger partial charge in [0.2, 0.25) is 10.0 Å². The summed E-state index contributed by atoms with van der Waals surface area (Å²) in [4.78, 5) is 0. The average molecular weight is 280 g/mol. The highest BCUT2D eigenvalue weighted by molar-refractivity contribution is 7.89. The van der Waals surface area contributed by atoms with Crippen LogP contribution in [0.15, 0.2) is 0 Å². The maximum atomic E-state index is 11.9. The summed E-state index contributed by atoms with van der Waals surface area (Å²) in [6, 6.07) is 0. The molecule has 18 heavy (non-hydrogen) atoms. The molecule has 1 atom stereocenters. The van der Waals surface area contributed by atoms with Crippen molar-refractivity contribution in [1.29, 1.82) is 0 Å². The number of hydrogen-bond acceptors (Lipinski definition) is 4. The lowest BCUT2D eigenvalue weighted by atomic mass is 9.92. The lowest BCUT2D eigenvalue weighted by Crippen LogP contribution is -2.52. The predicted octanol–water partition coefficient (Wildman–Crippen LogP) is 1.09. The van der Waals surface area contributed by atoms with Crippen LogP contribution in [-0.4, -0.2) is 39.0 Å². The highest BCUT2D eigenvalue weighted by atomic mass is 32.2. The van der Waals surface area contributed by atoms with Gasteiger partial charge in [0.25, 0.3) is 0 Å². The Morgan fingerprint density at radius 3 is 2.22 bits per heavy atom. The van der Waals surface area contributed by atoms with Crippen LogP contribution in [0, 0.1) is 5.92 Å². The number of rotatable bonds is 9. The maximum Gasteiger partial charge on any atom is 0.214 e. The van der Waals surface area contributed by atoms with E-state index in [2.05, 4.69) is 4.72 Å². The van der Waals surface area contributed by atoms with Crippen molar-refractivity contribution in [2.45, 2.75) is 52.7 Å². The Morgan fingerprint density at radius 1 is 1.28 bits per heavy atom. The van der Waals surface area contributed by atoms with Crippen molar-refractivity contribution in [2.75, 3.05) is 18.9 Å². The van der Waals surface area contributed by atoms with Gasteiger partial charge >= 0.3 is 0 Å². The van der Waals surface area contributed by atoms with Crippen molar-refractivity contribution >= 4 is 10.0 Å². The van der Waals surface area contributed by atoms with E-state index in [0.29, 0.717) is 12.3 Å². The summed E-state index contributed by atoms with van der Waals surface area (Å²) < 4.78 is 31.8. The standard InChI is InChI=1S/C12H28N2O3S/c1-10(2)8-12(5,9-13)14-18(15,16)7-6-17-11(3)4/h10-11,14H,6-9,13H2,1-5H3. The van der Waals surface area contributed by atoms with E-state index in [0.717, 1.165) is 0 Å². The summed E-state index contributed by atoms with van der Waals surface area (Å²) in [6.07, 6.45) is 0.755. The van der Waals surface area contributed by atoms with E-state index >= 15 is 0 Å². The molecule has 0 bridgehead atoms. The van der Waals surface area contributed by atoms with E-state index in [4.69, 9.17) is 10.5 Å². The van der Waals surface area contributed by atoms with Gasteiger partial charge in [0.05, 0.1) is 18.5 Å². The molecule has 0 saturated carbocycles.